The lowest BCUT2D eigenvalue weighted by molar-refractivity contribution is -0.341. The maximum Gasteiger partial charge on any atom is 0.432 e. The van der Waals surface area contributed by atoms with Crippen LogP contribution in [0, 0.1) is 0 Å². The second kappa shape index (κ2) is 4.46. The van der Waals surface area contributed by atoms with Crippen LogP contribution in [0.5, 0.6) is 0 Å². The van der Waals surface area contributed by atoms with Crippen LogP contribution in [-0.4, -0.2) is 30.6 Å². The Kier molecular flexibility index (Phi) is 4.18. The maximum absolute atomic E-state index is 12.8. The topological polar surface area (TPSA) is 26.3 Å². The first-order valence-corrected chi connectivity index (χ1v) is 3.93. The normalized spacial score (nSPS) is 13.8. The van der Waals surface area contributed by atoms with Gasteiger partial charge in [-0.05, 0) is 6.92 Å². The minimum Gasteiger partial charge on any atom is -0.466 e. The summed E-state index contributed by atoms with van der Waals surface area (Å²) in [6.45, 7) is 0.726. The summed E-state index contributed by atoms with van der Waals surface area (Å²) in [7, 11) is 0. The monoisotopic (exact) mass is 256 g/mol. The van der Waals surface area contributed by atoms with Gasteiger partial charge in [0.15, 0.2) is 0 Å². The van der Waals surface area contributed by atoms with Crippen molar-refractivity contribution in [3.8, 4) is 0 Å². The molecule has 0 unspecified atom stereocenters. The Bertz CT molecular complexity index is 240. The van der Waals surface area contributed by atoms with Gasteiger partial charge in [0.1, 0.15) is 0 Å². The molecule has 0 aromatic rings. The Morgan fingerprint density at radius 3 is 1.62 bits per heavy atom. The van der Waals surface area contributed by atoms with Crippen LogP contribution in [0.25, 0.3) is 0 Å². The highest BCUT2D eigenvalue weighted by atomic mass is 19.4. The highest BCUT2D eigenvalue weighted by Crippen LogP contribution is 2.48. The zero-order valence-corrected chi connectivity index (χ0v) is 7.88. The average Bonchev–Trinajstić information content (AvgIpc) is 1.99. The molecule has 0 aliphatic carbocycles. The SMILES string of the molecule is CCOC(=O)CC(F)(C(F)(F)F)C(F)(F)F. The lowest BCUT2D eigenvalue weighted by Gasteiger charge is -2.28. The van der Waals surface area contributed by atoms with E-state index in [0.717, 1.165) is 0 Å². The molecular formula is C7H7F7O2. The molecule has 0 fully saturated rings. The number of hydrogen-bond donors (Lipinski definition) is 0. The van der Waals surface area contributed by atoms with Gasteiger partial charge in [-0.3, -0.25) is 4.79 Å². The summed E-state index contributed by atoms with van der Waals surface area (Å²) >= 11 is 0. The van der Waals surface area contributed by atoms with Crippen LogP contribution in [0.4, 0.5) is 30.7 Å². The Balaban J connectivity index is 5.06. The van der Waals surface area contributed by atoms with Crippen LogP contribution in [0.15, 0.2) is 0 Å². The van der Waals surface area contributed by atoms with E-state index in [4.69, 9.17) is 0 Å². The number of carbonyl (C=O) groups excluding carboxylic acids is 1. The Hall–Kier alpha value is -1.02. The minimum absolute atomic E-state index is 0.440. The highest BCUT2D eigenvalue weighted by Gasteiger charge is 2.73. The van der Waals surface area contributed by atoms with E-state index in [0.29, 0.717) is 0 Å². The van der Waals surface area contributed by atoms with Crippen molar-refractivity contribution in [3.05, 3.63) is 0 Å². The standard InChI is InChI=1S/C7H7F7O2/c1-2-16-4(15)3-5(8,6(9,10)11)7(12,13)14/h2-3H2,1H3. The van der Waals surface area contributed by atoms with Crippen molar-refractivity contribution in [2.24, 2.45) is 0 Å². The molecule has 96 valence electrons. The zero-order valence-electron chi connectivity index (χ0n) is 7.88. The second-order valence-electron chi connectivity index (χ2n) is 2.78. The predicted molar refractivity (Wildman–Crippen MR) is 37.2 cm³/mol. The fourth-order valence-electron chi connectivity index (χ4n) is 0.772. The lowest BCUT2D eigenvalue weighted by atomic mass is 10.0. The molecule has 0 N–H and O–H groups in total. The van der Waals surface area contributed by atoms with Gasteiger partial charge in [0.25, 0.3) is 0 Å². The van der Waals surface area contributed by atoms with Gasteiger partial charge in [-0.15, -0.1) is 0 Å². The summed E-state index contributed by atoms with van der Waals surface area (Å²) in [6.07, 6.45) is -14.9. The molecule has 2 nitrogen and oxygen atoms in total. The Morgan fingerprint density at radius 1 is 1.00 bits per heavy atom. The summed E-state index contributed by atoms with van der Waals surface area (Å²) in [5.74, 6) is -1.90. The van der Waals surface area contributed by atoms with Crippen LogP contribution in [0.2, 0.25) is 0 Å². The van der Waals surface area contributed by atoms with Gasteiger partial charge in [0, 0.05) is 0 Å². The van der Waals surface area contributed by atoms with Crippen molar-refractivity contribution < 1.29 is 40.3 Å². The summed E-state index contributed by atoms with van der Waals surface area (Å²) in [6, 6.07) is 0. The maximum atomic E-state index is 12.8. The van der Waals surface area contributed by atoms with Crippen LogP contribution in [0.3, 0.4) is 0 Å². The number of hydrogen-bond acceptors (Lipinski definition) is 2. The van der Waals surface area contributed by atoms with E-state index in [-0.39, 0.29) is 0 Å². The highest BCUT2D eigenvalue weighted by molar-refractivity contribution is 5.71. The van der Waals surface area contributed by atoms with Crippen molar-refractivity contribution >= 4 is 5.97 Å². The smallest absolute Gasteiger partial charge is 0.432 e. The van der Waals surface area contributed by atoms with E-state index in [9.17, 15) is 35.5 Å². The molecule has 0 aliphatic rings. The number of alkyl halides is 7. The summed E-state index contributed by atoms with van der Waals surface area (Å²) < 4.78 is 88.1. The third-order valence-electron chi connectivity index (χ3n) is 1.59. The summed E-state index contributed by atoms with van der Waals surface area (Å²) in [4.78, 5) is 10.5. The van der Waals surface area contributed by atoms with Crippen molar-refractivity contribution in [3.63, 3.8) is 0 Å². The van der Waals surface area contributed by atoms with Crippen molar-refractivity contribution in [1.29, 1.82) is 0 Å². The molecule has 0 aromatic carbocycles. The number of ether oxygens (including phenoxy) is 1. The van der Waals surface area contributed by atoms with Gasteiger partial charge < -0.3 is 4.74 Å². The van der Waals surface area contributed by atoms with Gasteiger partial charge >= 0.3 is 24.0 Å². The summed E-state index contributed by atoms with van der Waals surface area (Å²) in [5.41, 5.74) is -5.58. The third kappa shape index (κ3) is 2.99. The molecule has 0 bridgehead atoms. The first kappa shape index (κ1) is 15.0. The summed E-state index contributed by atoms with van der Waals surface area (Å²) in [5, 5.41) is 0. The molecule has 0 atom stereocenters. The molecule has 0 saturated carbocycles. The Labute approximate surface area is 85.4 Å². The van der Waals surface area contributed by atoms with E-state index < -0.39 is 37.0 Å². The number of rotatable bonds is 3. The van der Waals surface area contributed by atoms with E-state index in [2.05, 4.69) is 4.74 Å². The molecule has 0 aliphatic heterocycles. The van der Waals surface area contributed by atoms with E-state index >= 15 is 0 Å². The fourth-order valence-corrected chi connectivity index (χ4v) is 0.772. The van der Waals surface area contributed by atoms with Crippen LogP contribution in [-0.2, 0) is 9.53 Å². The molecule has 0 aromatic heterocycles. The number of halogens is 7. The molecule has 0 rings (SSSR count). The number of esters is 1. The third-order valence-corrected chi connectivity index (χ3v) is 1.59. The molecule has 0 radical (unpaired) electrons. The molecule has 0 saturated heterocycles. The molecule has 9 heteroatoms. The largest absolute Gasteiger partial charge is 0.466 e. The first-order chi connectivity index (χ1) is 6.95. The molecule has 0 spiro atoms. The van der Waals surface area contributed by atoms with Gasteiger partial charge in [-0.1, -0.05) is 0 Å². The van der Waals surface area contributed by atoms with Crippen molar-refractivity contribution in [2.45, 2.75) is 31.4 Å². The van der Waals surface area contributed by atoms with E-state index in [1.165, 1.54) is 6.92 Å². The zero-order chi connectivity index (χ0) is 13.2. The Morgan fingerprint density at radius 2 is 1.38 bits per heavy atom. The number of carbonyl (C=O) groups is 1. The molecule has 0 heterocycles. The van der Waals surface area contributed by atoms with E-state index in [1.807, 2.05) is 0 Å². The van der Waals surface area contributed by atoms with Crippen molar-refractivity contribution in [1.82, 2.24) is 0 Å². The van der Waals surface area contributed by atoms with Gasteiger partial charge in [0.2, 0.25) is 0 Å². The van der Waals surface area contributed by atoms with Crippen molar-refractivity contribution in [2.75, 3.05) is 6.61 Å². The predicted octanol–water partition coefficient (Wildman–Crippen LogP) is 2.77. The minimum atomic E-state index is -6.22. The second-order valence-corrected chi connectivity index (χ2v) is 2.78. The van der Waals surface area contributed by atoms with Crippen LogP contribution < -0.4 is 0 Å². The van der Waals surface area contributed by atoms with Gasteiger partial charge in [-0.2, -0.15) is 26.3 Å². The molecule has 0 amide bonds. The van der Waals surface area contributed by atoms with E-state index in [1.54, 1.807) is 0 Å². The fraction of sp³-hybridized carbons (Fsp3) is 0.857. The van der Waals surface area contributed by atoms with Crippen LogP contribution in [0.1, 0.15) is 13.3 Å². The molecule has 16 heavy (non-hydrogen) atoms. The van der Waals surface area contributed by atoms with Gasteiger partial charge in [-0.25, -0.2) is 4.39 Å². The first-order valence-electron chi connectivity index (χ1n) is 3.93. The van der Waals surface area contributed by atoms with Gasteiger partial charge in [0.05, 0.1) is 13.0 Å². The average molecular weight is 256 g/mol. The quantitative estimate of drug-likeness (QED) is 0.573. The van der Waals surface area contributed by atoms with Crippen LogP contribution >= 0.6 is 0 Å². The molecular weight excluding hydrogens is 249 g/mol. The lowest BCUT2D eigenvalue weighted by Crippen LogP contribution is -2.54.